The van der Waals surface area contributed by atoms with Gasteiger partial charge in [-0.3, -0.25) is 0 Å². The molecule has 0 amide bonds. The van der Waals surface area contributed by atoms with Crippen molar-refractivity contribution in [1.82, 2.24) is 14.8 Å². The molecule has 3 nitrogen and oxygen atoms in total. The van der Waals surface area contributed by atoms with Gasteiger partial charge in [-0.25, -0.2) is 0 Å². The maximum atomic E-state index is 3.99. The van der Waals surface area contributed by atoms with E-state index < -0.39 is 0 Å². The van der Waals surface area contributed by atoms with Crippen LogP contribution in [0.5, 0.6) is 0 Å². The van der Waals surface area contributed by atoms with E-state index >= 15 is 0 Å². The molecule has 2 rings (SSSR count). The monoisotopic (exact) mass is 201 g/mol. The van der Waals surface area contributed by atoms with Crippen LogP contribution >= 0.6 is 15.9 Å². The number of hydrogen-bond donors (Lipinski definition) is 0. The van der Waals surface area contributed by atoms with Crippen LogP contribution in [-0.4, -0.2) is 20.1 Å². The normalized spacial score (nSPS) is 23.1. The van der Waals surface area contributed by atoms with E-state index in [4.69, 9.17) is 0 Å². The molecule has 0 radical (unpaired) electrons. The van der Waals surface area contributed by atoms with Gasteiger partial charge in [-0.1, -0.05) is 15.9 Å². The third-order valence-electron chi connectivity index (χ3n) is 1.84. The number of rotatable bonds is 1. The number of aromatic nitrogens is 3. The van der Waals surface area contributed by atoms with E-state index in [1.807, 2.05) is 0 Å². The Morgan fingerprint density at radius 1 is 1.80 bits per heavy atom. The molecule has 1 unspecified atom stereocenters. The van der Waals surface area contributed by atoms with E-state index in [-0.39, 0.29) is 0 Å². The minimum absolute atomic E-state index is 0.727. The van der Waals surface area contributed by atoms with Crippen LogP contribution in [-0.2, 0) is 13.0 Å². The van der Waals surface area contributed by atoms with Crippen molar-refractivity contribution >= 4 is 15.9 Å². The van der Waals surface area contributed by atoms with Crippen molar-refractivity contribution in [2.24, 2.45) is 5.92 Å². The fraction of sp³-hybridized carbons (Fsp3) is 0.667. The summed E-state index contributed by atoms with van der Waals surface area (Å²) in [4.78, 5) is 0. The van der Waals surface area contributed by atoms with Gasteiger partial charge < -0.3 is 4.57 Å². The lowest BCUT2D eigenvalue weighted by atomic mass is 10.1. The van der Waals surface area contributed by atoms with Crippen LogP contribution in [0.1, 0.15) is 5.82 Å². The number of alkyl halides is 1. The molecule has 0 saturated heterocycles. The molecule has 2 heterocycles. The molecule has 0 spiro atoms. The van der Waals surface area contributed by atoms with Crippen molar-refractivity contribution < 1.29 is 0 Å². The first-order valence-corrected chi connectivity index (χ1v) is 4.45. The Kier molecular flexibility index (Phi) is 1.48. The first-order chi connectivity index (χ1) is 4.90. The second-order valence-electron chi connectivity index (χ2n) is 2.62. The fourth-order valence-electron chi connectivity index (χ4n) is 1.29. The molecule has 1 aliphatic rings. The van der Waals surface area contributed by atoms with Crippen molar-refractivity contribution in [3.63, 3.8) is 0 Å². The highest BCUT2D eigenvalue weighted by atomic mass is 79.9. The van der Waals surface area contributed by atoms with E-state index in [1.54, 1.807) is 6.33 Å². The molecule has 0 saturated carbocycles. The van der Waals surface area contributed by atoms with Gasteiger partial charge in [0, 0.05) is 18.3 Å². The van der Waals surface area contributed by atoms with Gasteiger partial charge in [-0.2, -0.15) is 0 Å². The summed E-state index contributed by atoms with van der Waals surface area (Å²) in [7, 11) is 0. The molecule has 1 aromatic heterocycles. The Labute approximate surface area is 67.6 Å². The molecule has 1 aromatic rings. The minimum atomic E-state index is 0.727. The van der Waals surface area contributed by atoms with E-state index in [9.17, 15) is 0 Å². The Morgan fingerprint density at radius 3 is 3.40 bits per heavy atom. The van der Waals surface area contributed by atoms with Gasteiger partial charge in [0.1, 0.15) is 12.2 Å². The van der Waals surface area contributed by atoms with Crippen LogP contribution in [0.3, 0.4) is 0 Å². The summed E-state index contributed by atoms with van der Waals surface area (Å²) < 4.78 is 2.12. The van der Waals surface area contributed by atoms with Crippen molar-refractivity contribution in [3.8, 4) is 0 Å². The Morgan fingerprint density at radius 2 is 2.70 bits per heavy atom. The Bertz CT molecular complexity index is 212. The molecular formula is C6H8BrN3. The van der Waals surface area contributed by atoms with E-state index in [0.717, 1.165) is 30.0 Å². The van der Waals surface area contributed by atoms with Gasteiger partial charge in [0.05, 0.1) is 0 Å². The summed E-state index contributed by atoms with van der Waals surface area (Å²) in [5, 5.41) is 8.86. The maximum absolute atomic E-state index is 3.99. The van der Waals surface area contributed by atoms with Crippen LogP contribution in [0.2, 0.25) is 0 Å². The third-order valence-corrected chi connectivity index (χ3v) is 2.76. The quantitative estimate of drug-likeness (QED) is 0.632. The summed E-state index contributed by atoms with van der Waals surface area (Å²) in [5.74, 6) is 1.86. The predicted molar refractivity (Wildman–Crippen MR) is 41.0 cm³/mol. The van der Waals surface area contributed by atoms with Crippen molar-refractivity contribution in [2.75, 3.05) is 5.33 Å². The van der Waals surface area contributed by atoms with Crippen LogP contribution in [0.4, 0.5) is 0 Å². The zero-order chi connectivity index (χ0) is 6.97. The first kappa shape index (κ1) is 6.34. The molecule has 0 aromatic carbocycles. The largest absolute Gasteiger partial charge is 0.317 e. The Hall–Kier alpha value is -0.380. The van der Waals surface area contributed by atoms with Crippen LogP contribution in [0.15, 0.2) is 6.33 Å². The van der Waals surface area contributed by atoms with Gasteiger partial charge in [0.15, 0.2) is 0 Å². The Balaban J connectivity index is 2.21. The van der Waals surface area contributed by atoms with Gasteiger partial charge in [0.2, 0.25) is 0 Å². The van der Waals surface area contributed by atoms with Gasteiger partial charge in [0.25, 0.3) is 0 Å². The standard InChI is InChI=1S/C6H8BrN3/c7-2-5-1-6-9-8-4-10(6)3-5/h4-5H,1-3H2. The first-order valence-electron chi connectivity index (χ1n) is 3.33. The summed E-state index contributed by atoms with van der Waals surface area (Å²) in [6.07, 6.45) is 2.88. The summed E-state index contributed by atoms with van der Waals surface area (Å²) in [6.45, 7) is 1.08. The van der Waals surface area contributed by atoms with Gasteiger partial charge in [-0.15, -0.1) is 10.2 Å². The van der Waals surface area contributed by atoms with Crippen molar-refractivity contribution in [1.29, 1.82) is 0 Å². The number of halogens is 1. The third kappa shape index (κ3) is 0.868. The SMILES string of the molecule is BrCC1Cc2nncn2C1. The number of fused-ring (bicyclic) bond motifs is 1. The highest BCUT2D eigenvalue weighted by molar-refractivity contribution is 9.09. The topological polar surface area (TPSA) is 30.7 Å². The van der Waals surface area contributed by atoms with Crippen molar-refractivity contribution in [2.45, 2.75) is 13.0 Å². The summed E-state index contributed by atoms with van der Waals surface area (Å²) >= 11 is 3.46. The minimum Gasteiger partial charge on any atom is -0.317 e. The summed E-state index contributed by atoms with van der Waals surface area (Å²) in [5.41, 5.74) is 0. The average Bonchev–Trinajstić information content (AvgIpc) is 2.42. The van der Waals surface area contributed by atoms with E-state index in [2.05, 4.69) is 30.7 Å². The lowest BCUT2D eigenvalue weighted by molar-refractivity contribution is 0.570. The van der Waals surface area contributed by atoms with Gasteiger partial charge in [-0.05, 0) is 5.92 Å². The molecule has 0 N–H and O–H groups in total. The molecular weight excluding hydrogens is 194 g/mol. The number of nitrogens with zero attached hydrogens (tertiary/aromatic N) is 3. The lowest BCUT2D eigenvalue weighted by Gasteiger charge is -1.99. The van der Waals surface area contributed by atoms with Gasteiger partial charge >= 0.3 is 0 Å². The van der Waals surface area contributed by atoms with E-state index in [0.29, 0.717) is 0 Å². The molecule has 1 atom stereocenters. The fourth-order valence-corrected chi connectivity index (χ4v) is 1.73. The number of hydrogen-bond acceptors (Lipinski definition) is 2. The maximum Gasteiger partial charge on any atom is 0.133 e. The highest BCUT2D eigenvalue weighted by Gasteiger charge is 2.20. The highest BCUT2D eigenvalue weighted by Crippen LogP contribution is 2.18. The molecule has 10 heavy (non-hydrogen) atoms. The predicted octanol–water partition coefficient (Wildman–Crippen LogP) is 0.845. The van der Waals surface area contributed by atoms with E-state index in [1.165, 1.54) is 0 Å². The van der Waals surface area contributed by atoms with Crippen LogP contribution in [0, 0.1) is 5.92 Å². The zero-order valence-corrected chi connectivity index (χ0v) is 7.08. The molecule has 1 aliphatic heterocycles. The van der Waals surface area contributed by atoms with Crippen LogP contribution < -0.4 is 0 Å². The second kappa shape index (κ2) is 2.34. The smallest absolute Gasteiger partial charge is 0.133 e. The van der Waals surface area contributed by atoms with Crippen LogP contribution in [0.25, 0.3) is 0 Å². The molecule has 0 fully saturated rings. The molecule has 0 bridgehead atoms. The summed E-state index contributed by atoms with van der Waals surface area (Å²) in [6, 6.07) is 0. The van der Waals surface area contributed by atoms with Crippen molar-refractivity contribution in [3.05, 3.63) is 12.2 Å². The molecule has 0 aliphatic carbocycles. The molecule has 4 heteroatoms. The average molecular weight is 202 g/mol. The lowest BCUT2D eigenvalue weighted by Crippen LogP contribution is -2.02. The zero-order valence-electron chi connectivity index (χ0n) is 5.50. The molecule has 54 valence electrons. The second-order valence-corrected chi connectivity index (χ2v) is 3.27.